The van der Waals surface area contributed by atoms with Gasteiger partial charge >= 0.3 is 5.97 Å². The highest BCUT2D eigenvalue weighted by molar-refractivity contribution is 5.86. The predicted octanol–water partition coefficient (Wildman–Crippen LogP) is 0.669. The van der Waals surface area contributed by atoms with Crippen LogP contribution in [0.15, 0.2) is 24.8 Å². The second kappa shape index (κ2) is 3.49. The van der Waals surface area contributed by atoms with Crippen molar-refractivity contribution in [3.63, 3.8) is 0 Å². The quantitative estimate of drug-likeness (QED) is 0.777. The summed E-state index contributed by atoms with van der Waals surface area (Å²) >= 11 is 0. The molecule has 0 fully saturated rings. The van der Waals surface area contributed by atoms with Gasteiger partial charge in [0.05, 0.1) is 18.1 Å². The molecule has 0 bridgehead atoms. The van der Waals surface area contributed by atoms with E-state index in [9.17, 15) is 4.79 Å². The first-order valence-corrected chi connectivity index (χ1v) is 4.24. The van der Waals surface area contributed by atoms with Gasteiger partial charge in [-0.05, 0) is 13.0 Å². The SMILES string of the molecule is Cc1cc(C(=O)O)n(-c2cncnc2)n1. The third kappa shape index (κ3) is 1.69. The Balaban J connectivity index is 2.58. The zero-order valence-electron chi connectivity index (χ0n) is 7.95. The largest absolute Gasteiger partial charge is 0.477 e. The average Bonchev–Trinajstić information content (AvgIpc) is 2.62. The fourth-order valence-corrected chi connectivity index (χ4v) is 1.25. The van der Waals surface area contributed by atoms with Crippen molar-refractivity contribution in [1.29, 1.82) is 0 Å². The summed E-state index contributed by atoms with van der Waals surface area (Å²) in [4.78, 5) is 18.5. The van der Waals surface area contributed by atoms with E-state index < -0.39 is 5.97 Å². The molecule has 0 unspecified atom stereocenters. The molecule has 0 aliphatic rings. The second-order valence-electron chi connectivity index (χ2n) is 2.98. The number of aromatic carboxylic acids is 1. The average molecular weight is 204 g/mol. The molecule has 2 heterocycles. The third-order valence-corrected chi connectivity index (χ3v) is 1.84. The van der Waals surface area contributed by atoms with E-state index in [1.807, 2.05) is 0 Å². The molecule has 6 nitrogen and oxygen atoms in total. The topological polar surface area (TPSA) is 80.9 Å². The molecule has 1 N–H and O–H groups in total. The Morgan fingerprint density at radius 3 is 2.67 bits per heavy atom. The molecule has 76 valence electrons. The Morgan fingerprint density at radius 1 is 1.40 bits per heavy atom. The number of aryl methyl sites for hydroxylation is 1. The van der Waals surface area contributed by atoms with E-state index in [1.54, 1.807) is 6.92 Å². The number of rotatable bonds is 2. The van der Waals surface area contributed by atoms with Crippen LogP contribution in [0.25, 0.3) is 5.69 Å². The Labute approximate surface area is 85.2 Å². The van der Waals surface area contributed by atoms with Crippen LogP contribution >= 0.6 is 0 Å². The standard InChI is InChI=1S/C9H8N4O2/c1-6-2-8(9(14)15)13(12-6)7-3-10-5-11-4-7/h2-5H,1H3,(H,14,15). The third-order valence-electron chi connectivity index (χ3n) is 1.84. The molecule has 15 heavy (non-hydrogen) atoms. The van der Waals surface area contributed by atoms with Gasteiger partial charge in [0.25, 0.3) is 0 Å². The first kappa shape index (κ1) is 9.32. The number of carboxylic acid groups (broad SMARTS) is 1. The monoisotopic (exact) mass is 204 g/mol. The molecule has 2 aromatic heterocycles. The molecule has 0 saturated carbocycles. The van der Waals surface area contributed by atoms with Crippen molar-refractivity contribution in [2.24, 2.45) is 0 Å². The van der Waals surface area contributed by atoms with Crippen LogP contribution in [-0.2, 0) is 0 Å². The van der Waals surface area contributed by atoms with Crippen LogP contribution in [0.3, 0.4) is 0 Å². The molecule has 0 spiro atoms. The van der Waals surface area contributed by atoms with Crippen molar-refractivity contribution in [3.8, 4) is 5.69 Å². The second-order valence-corrected chi connectivity index (χ2v) is 2.98. The fourth-order valence-electron chi connectivity index (χ4n) is 1.25. The fraction of sp³-hybridized carbons (Fsp3) is 0.111. The van der Waals surface area contributed by atoms with E-state index in [2.05, 4.69) is 15.1 Å². The zero-order chi connectivity index (χ0) is 10.8. The van der Waals surface area contributed by atoms with Crippen LogP contribution in [0.1, 0.15) is 16.2 Å². The summed E-state index contributed by atoms with van der Waals surface area (Å²) in [7, 11) is 0. The normalized spacial score (nSPS) is 10.2. The lowest BCUT2D eigenvalue weighted by atomic mass is 10.3. The highest BCUT2D eigenvalue weighted by atomic mass is 16.4. The van der Waals surface area contributed by atoms with E-state index in [-0.39, 0.29) is 5.69 Å². The molecular weight excluding hydrogens is 196 g/mol. The van der Waals surface area contributed by atoms with Gasteiger partial charge in [0.1, 0.15) is 12.0 Å². The Kier molecular flexibility index (Phi) is 2.17. The van der Waals surface area contributed by atoms with Gasteiger partial charge in [-0.25, -0.2) is 19.4 Å². The summed E-state index contributed by atoms with van der Waals surface area (Å²) in [5.74, 6) is -1.03. The van der Waals surface area contributed by atoms with Crippen molar-refractivity contribution < 1.29 is 9.90 Å². The van der Waals surface area contributed by atoms with Crippen molar-refractivity contribution in [1.82, 2.24) is 19.7 Å². The van der Waals surface area contributed by atoms with Gasteiger partial charge < -0.3 is 5.11 Å². The minimum atomic E-state index is -1.03. The molecule has 2 rings (SSSR count). The molecule has 0 aliphatic heterocycles. The molecule has 0 saturated heterocycles. The van der Waals surface area contributed by atoms with E-state index >= 15 is 0 Å². The van der Waals surface area contributed by atoms with Crippen LogP contribution in [0, 0.1) is 6.92 Å². The first-order valence-electron chi connectivity index (χ1n) is 4.24. The van der Waals surface area contributed by atoms with Crippen LogP contribution < -0.4 is 0 Å². The van der Waals surface area contributed by atoms with Crippen LogP contribution in [-0.4, -0.2) is 30.8 Å². The maximum Gasteiger partial charge on any atom is 0.354 e. The highest BCUT2D eigenvalue weighted by Crippen LogP contribution is 2.10. The summed E-state index contributed by atoms with van der Waals surface area (Å²) in [6.45, 7) is 1.73. The van der Waals surface area contributed by atoms with Gasteiger partial charge in [0.2, 0.25) is 0 Å². The van der Waals surface area contributed by atoms with Crippen LogP contribution in [0.2, 0.25) is 0 Å². The van der Waals surface area contributed by atoms with E-state index in [0.717, 1.165) is 0 Å². The molecule has 0 amide bonds. The number of carboxylic acids is 1. The maximum absolute atomic E-state index is 10.9. The van der Waals surface area contributed by atoms with E-state index in [0.29, 0.717) is 11.4 Å². The van der Waals surface area contributed by atoms with Crippen molar-refractivity contribution in [2.45, 2.75) is 6.92 Å². The summed E-state index contributed by atoms with van der Waals surface area (Å²) in [5, 5.41) is 13.0. The predicted molar refractivity (Wildman–Crippen MR) is 50.9 cm³/mol. The Bertz CT molecular complexity index is 492. The van der Waals surface area contributed by atoms with E-state index in [1.165, 1.54) is 29.5 Å². The number of hydrogen-bond acceptors (Lipinski definition) is 4. The van der Waals surface area contributed by atoms with Crippen molar-refractivity contribution >= 4 is 5.97 Å². The van der Waals surface area contributed by atoms with Gasteiger partial charge in [-0.2, -0.15) is 5.10 Å². The zero-order valence-corrected chi connectivity index (χ0v) is 7.95. The first-order chi connectivity index (χ1) is 7.18. The summed E-state index contributed by atoms with van der Waals surface area (Å²) < 4.78 is 1.30. The molecular formula is C9H8N4O2. The lowest BCUT2D eigenvalue weighted by Gasteiger charge is -2.01. The van der Waals surface area contributed by atoms with Crippen molar-refractivity contribution in [2.75, 3.05) is 0 Å². The molecule has 6 heteroatoms. The molecule has 0 atom stereocenters. The van der Waals surface area contributed by atoms with E-state index in [4.69, 9.17) is 5.11 Å². The molecule has 0 aliphatic carbocycles. The van der Waals surface area contributed by atoms with Crippen molar-refractivity contribution in [3.05, 3.63) is 36.2 Å². The number of hydrogen-bond donors (Lipinski definition) is 1. The Morgan fingerprint density at radius 2 is 2.07 bits per heavy atom. The maximum atomic E-state index is 10.9. The molecule has 0 radical (unpaired) electrons. The Hall–Kier alpha value is -2.24. The minimum absolute atomic E-state index is 0.0994. The van der Waals surface area contributed by atoms with Gasteiger partial charge in [-0.3, -0.25) is 0 Å². The number of aromatic nitrogens is 4. The van der Waals surface area contributed by atoms with Gasteiger partial charge in [0.15, 0.2) is 5.69 Å². The minimum Gasteiger partial charge on any atom is -0.477 e. The van der Waals surface area contributed by atoms with Gasteiger partial charge in [-0.1, -0.05) is 0 Å². The van der Waals surface area contributed by atoms with Gasteiger partial charge in [-0.15, -0.1) is 0 Å². The van der Waals surface area contributed by atoms with Gasteiger partial charge in [0, 0.05) is 0 Å². The summed E-state index contributed by atoms with van der Waals surface area (Å²) in [6, 6.07) is 1.50. The molecule has 0 aromatic carbocycles. The molecule has 2 aromatic rings. The number of nitrogens with zero attached hydrogens (tertiary/aromatic N) is 4. The lowest BCUT2D eigenvalue weighted by Crippen LogP contribution is -2.08. The van der Waals surface area contributed by atoms with Crippen LogP contribution in [0.4, 0.5) is 0 Å². The highest BCUT2D eigenvalue weighted by Gasteiger charge is 2.13. The summed E-state index contributed by atoms with van der Waals surface area (Å²) in [6.07, 6.45) is 4.39. The van der Waals surface area contributed by atoms with Crippen LogP contribution in [0.5, 0.6) is 0 Å². The smallest absolute Gasteiger partial charge is 0.354 e. The lowest BCUT2D eigenvalue weighted by molar-refractivity contribution is 0.0687. The number of carbonyl (C=O) groups is 1. The summed E-state index contributed by atoms with van der Waals surface area (Å²) in [5.41, 5.74) is 1.27.